The summed E-state index contributed by atoms with van der Waals surface area (Å²) < 4.78 is 1.64. The molecule has 0 unspecified atom stereocenters. The zero-order valence-corrected chi connectivity index (χ0v) is 9.55. The highest BCUT2D eigenvalue weighted by molar-refractivity contribution is 5.75. The average Bonchev–Trinajstić information content (AvgIpc) is 2.58. The zero-order valence-electron chi connectivity index (χ0n) is 9.55. The fourth-order valence-electron chi connectivity index (χ4n) is 2.07. The quantitative estimate of drug-likeness (QED) is 0.826. The van der Waals surface area contributed by atoms with E-state index in [1.807, 2.05) is 13.8 Å². The third-order valence-electron chi connectivity index (χ3n) is 3.29. The molecule has 0 radical (unpaired) electrons. The lowest BCUT2D eigenvalue weighted by atomic mass is 9.69. The summed E-state index contributed by atoms with van der Waals surface area (Å²) in [6, 6.07) is 0. The molecule has 0 atom stereocenters. The van der Waals surface area contributed by atoms with E-state index in [0.717, 1.165) is 25.1 Å². The van der Waals surface area contributed by atoms with Crippen molar-refractivity contribution in [3.63, 3.8) is 0 Å². The van der Waals surface area contributed by atoms with Crippen LogP contribution < -0.4 is 0 Å². The number of carbonyl (C=O) groups is 1. The maximum Gasteiger partial charge on any atom is 0.311 e. The molecule has 0 saturated heterocycles. The molecule has 1 aliphatic rings. The van der Waals surface area contributed by atoms with Crippen molar-refractivity contribution < 1.29 is 9.90 Å². The van der Waals surface area contributed by atoms with Crippen LogP contribution in [-0.4, -0.2) is 31.3 Å². The third-order valence-corrected chi connectivity index (χ3v) is 3.29. The summed E-state index contributed by atoms with van der Waals surface area (Å²) in [7, 11) is 0. The topological polar surface area (TPSA) is 80.9 Å². The van der Waals surface area contributed by atoms with Crippen molar-refractivity contribution in [2.75, 3.05) is 0 Å². The van der Waals surface area contributed by atoms with Gasteiger partial charge in [0.15, 0.2) is 5.82 Å². The Hall–Kier alpha value is -1.46. The highest BCUT2D eigenvalue weighted by Gasteiger charge is 2.45. The molecule has 88 valence electrons. The molecular formula is C10H16N4O2. The predicted octanol–water partition coefficient (Wildman–Crippen LogP) is 1.05. The summed E-state index contributed by atoms with van der Waals surface area (Å²) in [5, 5.41) is 20.7. The largest absolute Gasteiger partial charge is 0.481 e. The van der Waals surface area contributed by atoms with Crippen molar-refractivity contribution in [3.8, 4) is 0 Å². The Balaban J connectivity index is 2.20. The number of hydrogen-bond donors (Lipinski definition) is 1. The van der Waals surface area contributed by atoms with Crippen LogP contribution in [0.3, 0.4) is 0 Å². The van der Waals surface area contributed by atoms with Gasteiger partial charge in [0.2, 0.25) is 0 Å². The summed E-state index contributed by atoms with van der Waals surface area (Å²) in [5.41, 5.74) is -0.640. The minimum Gasteiger partial charge on any atom is -0.481 e. The molecule has 0 amide bonds. The molecule has 6 nitrogen and oxygen atoms in total. The van der Waals surface area contributed by atoms with Gasteiger partial charge in [-0.25, -0.2) is 4.68 Å². The lowest BCUT2D eigenvalue weighted by molar-refractivity contribution is -0.156. The van der Waals surface area contributed by atoms with Crippen LogP contribution in [0.1, 0.15) is 44.9 Å². The summed E-state index contributed by atoms with van der Waals surface area (Å²) in [6.45, 7) is 4.38. The molecule has 0 aliphatic heterocycles. The maximum absolute atomic E-state index is 11.2. The van der Waals surface area contributed by atoms with E-state index in [1.165, 1.54) is 0 Å². The van der Waals surface area contributed by atoms with E-state index in [2.05, 4.69) is 15.5 Å². The second-order valence-corrected chi connectivity index (χ2v) is 4.79. The number of carboxylic acid groups (broad SMARTS) is 1. The van der Waals surface area contributed by atoms with Crippen molar-refractivity contribution in [1.29, 1.82) is 0 Å². The van der Waals surface area contributed by atoms with Crippen LogP contribution >= 0.6 is 0 Å². The monoisotopic (exact) mass is 224 g/mol. The van der Waals surface area contributed by atoms with Crippen LogP contribution in [0, 0.1) is 5.41 Å². The van der Waals surface area contributed by atoms with Crippen LogP contribution in [0.4, 0.5) is 0 Å². The molecule has 1 aromatic rings. The molecule has 1 N–H and O–H groups in total. The molecule has 0 bridgehead atoms. The van der Waals surface area contributed by atoms with E-state index in [1.54, 1.807) is 4.68 Å². The summed E-state index contributed by atoms with van der Waals surface area (Å²) in [4.78, 5) is 11.2. The minimum absolute atomic E-state index is 0.209. The zero-order chi connectivity index (χ0) is 11.8. The first kappa shape index (κ1) is 11.0. The van der Waals surface area contributed by atoms with Crippen molar-refractivity contribution >= 4 is 5.97 Å². The van der Waals surface area contributed by atoms with Crippen molar-refractivity contribution in [2.24, 2.45) is 5.41 Å². The number of hydrogen-bond acceptors (Lipinski definition) is 4. The molecule has 1 saturated carbocycles. The Morgan fingerprint density at radius 2 is 2.25 bits per heavy atom. The lowest BCUT2D eigenvalue weighted by Crippen LogP contribution is -2.42. The van der Waals surface area contributed by atoms with Gasteiger partial charge in [-0.3, -0.25) is 4.79 Å². The van der Waals surface area contributed by atoms with E-state index in [4.69, 9.17) is 0 Å². The van der Waals surface area contributed by atoms with E-state index in [-0.39, 0.29) is 5.92 Å². The predicted molar refractivity (Wildman–Crippen MR) is 55.8 cm³/mol. The van der Waals surface area contributed by atoms with E-state index in [9.17, 15) is 9.90 Å². The van der Waals surface area contributed by atoms with E-state index in [0.29, 0.717) is 6.54 Å². The van der Waals surface area contributed by atoms with Gasteiger partial charge in [-0.05, 0) is 23.3 Å². The van der Waals surface area contributed by atoms with Crippen molar-refractivity contribution in [2.45, 2.75) is 45.6 Å². The Bertz CT molecular complexity index is 395. The third kappa shape index (κ3) is 1.68. The van der Waals surface area contributed by atoms with Crippen molar-refractivity contribution in [3.05, 3.63) is 5.82 Å². The van der Waals surface area contributed by atoms with Gasteiger partial charge in [0.1, 0.15) is 0 Å². The first-order chi connectivity index (χ1) is 7.55. The average molecular weight is 224 g/mol. The van der Waals surface area contributed by atoms with E-state index < -0.39 is 11.4 Å². The Morgan fingerprint density at radius 3 is 2.69 bits per heavy atom. The highest BCUT2D eigenvalue weighted by atomic mass is 16.4. The number of rotatable bonds is 4. The summed E-state index contributed by atoms with van der Waals surface area (Å²) in [5.74, 6) is 0.234. The Kier molecular flexibility index (Phi) is 2.65. The molecule has 1 aliphatic carbocycles. The van der Waals surface area contributed by atoms with Crippen molar-refractivity contribution in [1.82, 2.24) is 20.2 Å². The number of nitrogens with zero attached hydrogens (tertiary/aromatic N) is 4. The lowest BCUT2D eigenvalue weighted by Gasteiger charge is -2.37. The summed E-state index contributed by atoms with van der Waals surface area (Å²) >= 11 is 0. The van der Waals surface area contributed by atoms with Gasteiger partial charge in [-0.15, -0.1) is 5.10 Å². The second kappa shape index (κ2) is 3.84. The highest BCUT2D eigenvalue weighted by Crippen LogP contribution is 2.42. The number of aromatic nitrogens is 4. The molecule has 0 aromatic carbocycles. The number of tetrazole rings is 1. The molecular weight excluding hydrogens is 208 g/mol. The van der Waals surface area contributed by atoms with Gasteiger partial charge in [0, 0.05) is 5.92 Å². The van der Waals surface area contributed by atoms with Gasteiger partial charge in [-0.2, -0.15) is 0 Å². The first-order valence-electron chi connectivity index (χ1n) is 5.55. The number of carboxylic acids is 1. The molecule has 1 aromatic heterocycles. The van der Waals surface area contributed by atoms with Gasteiger partial charge in [0.05, 0.1) is 12.0 Å². The molecule has 2 rings (SSSR count). The van der Waals surface area contributed by atoms with Crippen LogP contribution in [0.5, 0.6) is 0 Å². The van der Waals surface area contributed by atoms with E-state index >= 15 is 0 Å². The van der Waals surface area contributed by atoms with Gasteiger partial charge < -0.3 is 5.11 Å². The molecule has 1 fully saturated rings. The standard InChI is InChI=1S/C10H16N4O2/c1-7(2)8-11-12-13-14(8)6-10(9(15)16)4-3-5-10/h7H,3-6H2,1-2H3,(H,15,16). The van der Waals surface area contributed by atoms with Crippen LogP contribution in [0.25, 0.3) is 0 Å². The normalized spacial score (nSPS) is 18.4. The van der Waals surface area contributed by atoms with Gasteiger partial charge >= 0.3 is 5.97 Å². The molecule has 1 heterocycles. The number of aliphatic carboxylic acids is 1. The SMILES string of the molecule is CC(C)c1nnnn1CC1(C(=O)O)CCC1. The smallest absolute Gasteiger partial charge is 0.311 e. The van der Waals surface area contributed by atoms with Crippen LogP contribution in [0.15, 0.2) is 0 Å². The maximum atomic E-state index is 11.2. The van der Waals surface area contributed by atoms with Gasteiger partial charge in [-0.1, -0.05) is 20.3 Å². The van der Waals surface area contributed by atoms with Crippen LogP contribution in [-0.2, 0) is 11.3 Å². The Morgan fingerprint density at radius 1 is 1.56 bits per heavy atom. The Labute approximate surface area is 93.6 Å². The molecule has 0 spiro atoms. The summed E-state index contributed by atoms with van der Waals surface area (Å²) in [6.07, 6.45) is 2.42. The fourth-order valence-corrected chi connectivity index (χ4v) is 2.07. The second-order valence-electron chi connectivity index (χ2n) is 4.79. The van der Waals surface area contributed by atoms with Gasteiger partial charge in [0.25, 0.3) is 0 Å². The molecule has 16 heavy (non-hydrogen) atoms. The first-order valence-corrected chi connectivity index (χ1v) is 5.55. The van der Waals surface area contributed by atoms with Crippen LogP contribution in [0.2, 0.25) is 0 Å². The molecule has 6 heteroatoms. The fraction of sp³-hybridized carbons (Fsp3) is 0.800. The minimum atomic E-state index is -0.732.